The summed E-state index contributed by atoms with van der Waals surface area (Å²) >= 11 is 0. The topological polar surface area (TPSA) is 55.4 Å². The molecule has 4 nitrogen and oxygen atoms in total. The van der Waals surface area contributed by atoms with E-state index in [2.05, 4.69) is 5.32 Å². The smallest absolute Gasteiger partial charge is 0.311 e. The van der Waals surface area contributed by atoms with Crippen LogP contribution in [0.3, 0.4) is 0 Å². The van der Waals surface area contributed by atoms with E-state index >= 15 is 0 Å². The molecule has 0 radical (unpaired) electrons. The summed E-state index contributed by atoms with van der Waals surface area (Å²) in [5.41, 5.74) is 1.11. The van der Waals surface area contributed by atoms with E-state index in [9.17, 15) is 9.59 Å². The summed E-state index contributed by atoms with van der Waals surface area (Å²) in [6.07, 6.45) is 0.470. The van der Waals surface area contributed by atoms with Gasteiger partial charge in [0.25, 0.3) is 0 Å². The van der Waals surface area contributed by atoms with Crippen LogP contribution in [0, 0.1) is 10.8 Å². The van der Waals surface area contributed by atoms with Crippen LogP contribution in [0.25, 0.3) is 0 Å². The van der Waals surface area contributed by atoms with Gasteiger partial charge in [0.2, 0.25) is 5.91 Å². The highest BCUT2D eigenvalue weighted by atomic mass is 16.5. The Hall–Kier alpha value is -1.84. The second kappa shape index (κ2) is 6.95. The van der Waals surface area contributed by atoms with Crippen molar-refractivity contribution in [1.29, 1.82) is 0 Å². The Balaban J connectivity index is 2.53. The fourth-order valence-corrected chi connectivity index (χ4v) is 1.74. The number of carbonyl (C=O) groups is 2. The average molecular weight is 305 g/mol. The number of hydrogen-bond acceptors (Lipinski definition) is 3. The Labute approximate surface area is 133 Å². The number of nitrogens with one attached hydrogen (secondary N) is 1. The fraction of sp³-hybridized carbons (Fsp3) is 0.556. The standard InChI is InChI=1S/C18H27NO3/c1-17(2,3)11-15(20)19-14-9-7-13(8-10-14)12-22-16(21)18(4,5)6/h7-10H,11-12H2,1-6H3,(H,19,20). The normalized spacial score (nSPS) is 11.9. The first-order chi connectivity index (χ1) is 9.97. The lowest BCUT2D eigenvalue weighted by Crippen LogP contribution is -2.22. The maximum absolute atomic E-state index is 11.9. The predicted octanol–water partition coefficient (Wildman–Crippen LogP) is 4.15. The van der Waals surface area contributed by atoms with Crippen LogP contribution >= 0.6 is 0 Å². The number of anilines is 1. The molecule has 0 saturated heterocycles. The molecule has 0 aliphatic carbocycles. The molecular weight excluding hydrogens is 278 g/mol. The second-order valence-electron chi connectivity index (χ2n) is 7.81. The number of amides is 1. The van der Waals surface area contributed by atoms with Gasteiger partial charge in [-0.3, -0.25) is 9.59 Å². The Morgan fingerprint density at radius 2 is 1.55 bits per heavy atom. The third-order valence-corrected chi connectivity index (χ3v) is 2.91. The Bertz CT molecular complexity index is 519. The largest absolute Gasteiger partial charge is 0.460 e. The lowest BCUT2D eigenvalue weighted by molar-refractivity contribution is -0.154. The first-order valence-corrected chi connectivity index (χ1v) is 7.53. The molecule has 1 N–H and O–H groups in total. The van der Waals surface area contributed by atoms with Crippen molar-refractivity contribution in [2.45, 2.75) is 54.6 Å². The number of ether oxygens (including phenoxy) is 1. The van der Waals surface area contributed by atoms with E-state index in [-0.39, 0.29) is 23.9 Å². The molecule has 0 aromatic heterocycles. The van der Waals surface area contributed by atoms with E-state index in [1.807, 2.05) is 65.8 Å². The summed E-state index contributed by atoms with van der Waals surface area (Å²) < 4.78 is 5.25. The molecule has 0 aliphatic heterocycles. The minimum atomic E-state index is -0.499. The second-order valence-corrected chi connectivity index (χ2v) is 7.81. The third kappa shape index (κ3) is 6.74. The van der Waals surface area contributed by atoms with Crippen molar-refractivity contribution in [2.75, 3.05) is 5.32 Å². The van der Waals surface area contributed by atoms with Gasteiger partial charge in [-0.05, 0) is 43.9 Å². The number of esters is 1. The van der Waals surface area contributed by atoms with Crippen LogP contribution in [-0.2, 0) is 20.9 Å². The molecule has 0 heterocycles. The van der Waals surface area contributed by atoms with E-state index < -0.39 is 5.41 Å². The predicted molar refractivity (Wildman–Crippen MR) is 88.4 cm³/mol. The first kappa shape index (κ1) is 18.2. The van der Waals surface area contributed by atoms with Gasteiger partial charge in [-0.2, -0.15) is 0 Å². The van der Waals surface area contributed by atoms with Crippen molar-refractivity contribution in [3.05, 3.63) is 29.8 Å². The molecule has 1 aromatic carbocycles. The lowest BCUT2D eigenvalue weighted by atomic mass is 9.92. The lowest BCUT2D eigenvalue weighted by Gasteiger charge is -2.18. The number of benzene rings is 1. The summed E-state index contributed by atoms with van der Waals surface area (Å²) in [4.78, 5) is 23.6. The molecule has 0 aliphatic rings. The maximum atomic E-state index is 11.9. The number of hydrogen-bond donors (Lipinski definition) is 1. The minimum Gasteiger partial charge on any atom is -0.460 e. The van der Waals surface area contributed by atoms with Crippen LogP contribution < -0.4 is 5.32 Å². The quantitative estimate of drug-likeness (QED) is 0.850. The van der Waals surface area contributed by atoms with Gasteiger partial charge in [-0.1, -0.05) is 32.9 Å². The van der Waals surface area contributed by atoms with E-state index in [1.165, 1.54) is 0 Å². The van der Waals surface area contributed by atoms with Crippen LogP contribution in [0.1, 0.15) is 53.5 Å². The van der Waals surface area contributed by atoms with Crippen molar-refractivity contribution in [1.82, 2.24) is 0 Å². The molecule has 0 unspecified atom stereocenters. The summed E-state index contributed by atoms with van der Waals surface area (Å²) in [5.74, 6) is -0.227. The van der Waals surface area contributed by atoms with Crippen molar-refractivity contribution in [2.24, 2.45) is 10.8 Å². The molecule has 122 valence electrons. The van der Waals surface area contributed by atoms with Crippen molar-refractivity contribution >= 4 is 17.6 Å². The van der Waals surface area contributed by atoms with E-state index in [0.29, 0.717) is 6.42 Å². The minimum absolute atomic E-state index is 0.000546. The van der Waals surface area contributed by atoms with Gasteiger partial charge in [-0.15, -0.1) is 0 Å². The van der Waals surface area contributed by atoms with Gasteiger partial charge >= 0.3 is 5.97 Å². The maximum Gasteiger partial charge on any atom is 0.311 e. The summed E-state index contributed by atoms with van der Waals surface area (Å²) in [7, 11) is 0. The molecule has 1 amide bonds. The van der Waals surface area contributed by atoms with Crippen LogP contribution in [-0.4, -0.2) is 11.9 Å². The highest BCUT2D eigenvalue weighted by Gasteiger charge is 2.22. The van der Waals surface area contributed by atoms with Crippen LogP contribution in [0.4, 0.5) is 5.69 Å². The van der Waals surface area contributed by atoms with Crippen LogP contribution in [0.15, 0.2) is 24.3 Å². The zero-order chi connectivity index (χ0) is 17.0. The van der Waals surface area contributed by atoms with Gasteiger partial charge in [0, 0.05) is 12.1 Å². The molecule has 0 spiro atoms. The van der Waals surface area contributed by atoms with Crippen molar-refractivity contribution < 1.29 is 14.3 Å². The van der Waals surface area contributed by atoms with Gasteiger partial charge in [0.05, 0.1) is 5.41 Å². The van der Waals surface area contributed by atoms with Crippen LogP contribution in [0.2, 0.25) is 0 Å². The van der Waals surface area contributed by atoms with Gasteiger partial charge in [0.1, 0.15) is 6.61 Å². The molecular formula is C18H27NO3. The van der Waals surface area contributed by atoms with E-state index in [1.54, 1.807) is 0 Å². The average Bonchev–Trinajstić information content (AvgIpc) is 2.34. The van der Waals surface area contributed by atoms with Gasteiger partial charge in [0.15, 0.2) is 0 Å². The highest BCUT2D eigenvalue weighted by molar-refractivity contribution is 5.91. The molecule has 0 bridgehead atoms. The SMILES string of the molecule is CC(C)(C)CC(=O)Nc1ccc(COC(=O)C(C)(C)C)cc1. The van der Waals surface area contributed by atoms with Crippen molar-refractivity contribution in [3.63, 3.8) is 0 Å². The summed E-state index contributed by atoms with van der Waals surface area (Å²) in [6.45, 7) is 11.8. The third-order valence-electron chi connectivity index (χ3n) is 2.91. The zero-order valence-corrected chi connectivity index (χ0v) is 14.4. The monoisotopic (exact) mass is 305 g/mol. The molecule has 0 atom stereocenters. The Kier molecular flexibility index (Phi) is 5.75. The fourth-order valence-electron chi connectivity index (χ4n) is 1.74. The van der Waals surface area contributed by atoms with Crippen LogP contribution in [0.5, 0.6) is 0 Å². The molecule has 22 heavy (non-hydrogen) atoms. The number of rotatable bonds is 4. The zero-order valence-electron chi connectivity index (χ0n) is 14.4. The molecule has 4 heteroatoms. The molecule has 0 fully saturated rings. The van der Waals surface area contributed by atoms with Crippen molar-refractivity contribution in [3.8, 4) is 0 Å². The number of carbonyl (C=O) groups excluding carboxylic acids is 2. The Morgan fingerprint density at radius 1 is 1.00 bits per heavy atom. The van der Waals surface area contributed by atoms with E-state index in [4.69, 9.17) is 4.74 Å². The first-order valence-electron chi connectivity index (χ1n) is 7.53. The van der Waals surface area contributed by atoms with Gasteiger partial charge < -0.3 is 10.1 Å². The molecule has 1 rings (SSSR count). The Morgan fingerprint density at radius 3 is 2.00 bits per heavy atom. The van der Waals surface area contributed by atoms with Gasteiger partial charge in [-0.25, -0.2) is 0 Å². The molecule has 0 saturated carbocycles. The van der Waals surface area contributed by atoms with E-state index in [0.717, 1.165) is 11.3 Å². The molecule has 1 aromatic rings. The summed E-state index contributed by atoms with van der Waals surface area (Å²) in [6, 6.07) is 7.34. The summed E-state index contributed by atoms with van der Waals surface area (Å²) in [5, 5.41) is 2.87. The highest BCUT2D eigenvalue weighted by Crippen LogP contribution is 2.20.